The molecule has 0 aromatic heterocycles. The molecule has 20 heavy (non-hydrogen) atoms. The highest BCUT2D eigenvalue weighted by Crippen LogP contribution is 2.17. The van der Waals surface area contributed by atoms with Gasteiger partial charge in [-0.2, -0.15) is 0 Å². The molecule has 0 bridgehead atoms. The Hall–Kier alpha value is -1.59. The Balaban J connectivity index is 2.16. The molecular weight excluding hydrogens is 252 g/mol. The molecule has 2 rings (SSSR count). The summed E-state index contributed by atoms with van der Waals surface area (Å²) < 4.78 is 0. The third-order valence-electron chi connectivity index (χ3n) is 3.93. The minimum Gasteiger partial charge on any atom is -0.334 e. The van der Waals surface area contributed by atoms with E-state index in [0.717, 1.165) is 43.7 Å². The van der Waals surface area contributed by atoms with Crippen LogP contribution < -0.4 is 11.3 Å². The number of hydrazine groups is 1. The summed E-state index contributed by atoms with van der Waals surface area (Å²) >= 11 is 0. The number of rotatable bonds is 3. The SMILES string of the molecule is CCC1CN(C)CCCN1C(=O)c1ccc(NN)cc1. The zero-order chi connectivity index (χ0) is 14.5. The van der Waals surface area contributed by atoms with Gasteiger partial charge in [0, 0.05) is 30.4 Å². The molecule has 1 heterocycles. The molecule has 1 aromatic carbocycles. The quantitative estimate of drug-likeness (QED) is 0.649. The minimum absolute atomic E-state index is 0.121. The highest BCUT2D eigenvalue weighted by molar-refractivity contribution is 5.94. The van der Waals surface area contributed by atoms with Crippen LogP contribution in [0.25, 0.3) is 0 Å². The molecule has 5 nitrogen and oxygen atoms in total. The number of nitrogens with one attached hydrogen (secondary N) is 1. The van der Waals surface area contributed by atoms with Crippen molar-refractivity contribution in [1.29, 1.82) is 0 Å². The molecule has 1 unspecified atom stereocenters. The van der Waals surface area contributed by atoms with Gasteiger partial charge in [-0.15, -0.1) is 0 Å². The number of anilines is 1. The van der Waals surface area contributed by atoms with Crippen molar-refractivity contribution in [3.05, 3.63) is 29.8 Å². The lowest BCUT2D eigenvalue weighted by atomic mass is 10.1. The van der Waals surface area contributed by atoms with E-state index in [1.54, 1.807) is 0 Å². The number of nitrogens with two attached hydrogens (primary N) is 1. The van der Waals surface area contributed by atoms with E-state index >= 15 is 0 Å². The molecule has 1 fully saturated rings. The third kappa shape index (κ3) is 3.29. The summed E-state index contributed by atoms with van der Waals surface area (Å²) in [6.45, 7) is 4.98. The van der Waals surface area contributed by atoms with Gasteiger partial charge >= 0.3 is 0 Å². The fourth-order valence-corrected chi connectivity index (χ4v) is 2.73. The molecule has 5 heteroatoms. The summed E-state index contributed by atoms with van der Waals surface area (Å²) in [6, 6.07) is 7.62. The molecule has 0 saturated carbocycles. The molecule has 0 aliphatic carbocycles. The van der Waals surface area contributed by atoms with Crippen molar-refractivity contribution in [2.24, 2.45) is 5.84 Å². The van der Waals surface area contributed by atoms with E-state index in [4.69, 9.17) is 5.84 Å². The topological polar surface area (TPSA) is 61.6 Å². The van der Waals surface area contributed by atoms with E-state index in [9.17, 15) is 4.79 Å². The first-order valence-electron chi connectivity index (χ1n) is 7.22. The van der Waals surface area contributed by atoms with Crippen LogP contribution in [0.3, 0.4) is 0 Å². The van der Waals surface area contributed by atoms with Crippen molar-refractivity contribution in [3.8, 4) is 0 Å². The summed E-state index contributed by atoms with van der Waals surface area (Å²) in [4.78, 5) is 17.0. The van der Waals surface area contributed by atoms with Crippen LogP contribution in [-0.4, -0.2) is 48.4 Å². The van der Waals surface area contributed by atoms with Crippen LogP contribution in [-0.2, 0) is 0 Å². The number of likely N-dealkylation sites (N-methyl/N-ethyl adjacent to an activating group) is 1. The number of hydrogen-bond donors (Lipinski definition) is 2. The first-order valence-corrected chi connectivity index (χ1v) is 7.22. The molecule has 1 aromatic rings. The number of carbonyl (C=O) groups excluding carboxylic acids is 1. The monoisotopic (exact) mass is 276 g/mol. The molecule has 0 radical (unpaired) electrons. The average Bonchev–Trinajstić information content (AvgIpc) is 2.67. The maximum atomic E-state index is 12.7. The number of nitrogen functional groups attached to an aromatic ring is 1. The Bertz CT molecular complexity index is 446. The van der Waals surface area contributed by atoms with Gasteiger partial charge in [-0.1, -0.05) is 6.92 Å². The van der Waals surface area contributed by atoms with Gasteiger partial charge in [0.2, 0.25) is 0 Å². The maximum absolute atomic E-state index is 12.7. The molecule has 1 aliphatic rings. The fraction of sp³-hybridized carbons (Fsp3) is 0.533. The molecule has 110 valence electrons. The second kappa shape index (κ2) is 6.72. The van der Waals surface area contributed by atoms with Crippen molar-refractivity contribution in [3.63, 3.8) is 0 Å². The van der Waals surface area contributed by atoms with E-state index in [1.165, 1.54) is 0 Å². The second-order valence-electron chi connectivity index (χ2n) is 5.40. The lowest BCUT2D eigenvalue weighted by Crippen LogP contribution is -2.43. The fourth-order valence-electron chi connectivity index (χ4n) is 2.73. The summed E-state index contributed by atoms with van der Waals surface area (Å²) in [6.07, 6.45) is 2.01. The highest BCUT2D eigenvalue weighted by Gasteiger charge is 2.26. The van der Waals surface area contributed by atoms with Gasteiger partial charge in [-0.3, -0.25) is 10.6 Å². The first kappa shape index (κ1) is 14.8. The van der Waals surface area contributed by atoms with Gasteiger partial charge in [-0.25, -0.2) is 0 Å². The van der Waals surface area contributed by atoms with Crippen LogP contribution in [0.2, 0.25) is 0 Å². The minimum atomic E-state index is 0.121. The van der Waals surface area contributed by atoms with Crippen molar-refractivity contribution < 1.29 is 4.79 Å². The summed E-state index contributed by atoms with van der Waals surface area (Å²) in [7, 11) is 2.12. The smallest absolute Gasteiger partial charge is 0.254 e. The third-order valence-corrected chi connectivity index (χ3v) is 3.93. The molecular formula is C15H24N4O. The maximum Gasteiger partial charge on any atom is 0.254 e. The van der Waals surface area contributed by atoms with Crippen molar-refractivity contribution in [2.45, 2.75) is 25.8 Å². The van der Waals surface area contributed by atoms with Crippen LogP contribution in [0.5, 0.6) is 0 Å². The molecule has 1 saturated heterocycles. The van der Waals surface area contributed by atoms with Gasteiger partial charge in [-0.05, 0) is 50.7 Å². The average molecular weight is 276 g/mol. The predicted molar refractivity (Wildman–Crippen MR) is 81.5 cm³/mol. The molecule has 1 amide bonds. The first-order chi connectivity index (χ1) is 9.65. The van der Waals surface area contributed by atoms with Crippen LogP contribution >= 0.6 is 0 Å². The summed E-state index contributed by atoms with van der Waals surface area (Å²) in [5.41, 5.74) is 4.11. The summed E-state index contributed by atoms with van der Waals surface area (Å²) in [5.74, 6) is 5.47. The number of amides is 1. The number of nitrogens with zero attached hydrogens (tertiary/aromatic N) is 2. The van der Waals surface area contributed by atoms with Gasteiger partial charge < -0.3 is 15.2 Å². The highest BCUT2D eigenvalue weighted by atomic mass is 16.2. The van der Waals surface area contributed by atoms with Gasteiger partial charge in [0.05, 0.1) is 0 Å². The van der Waals surface area contributed by atoms with Gasteiger partial charge in [0.25, 0.3) is 5.91 Å². The Morgan fingerprint density at radius 3 is 2.65 bits per heavy atom. The predicted octanol–water partition coefficient (Wildman–Crippen LogP) is 1.53. The van der Waals surface area contributed by atoms with Crippen LogP contribution in [0.15, 0.2) is 24.3 Å². The number of benzene rings is 1. The second-order valence-corrected chi connectivity index (χ2v) is 5.40. The summed E-state index contributed by atoms with van der Waals surface area (Å²) in [5, 5.41) is 0. The van der Waals surface area contributed by atoms with Crippen LogP contribution in [0, 0.1) is 0 Å². The van der Waals surface area contributed by atoms with Crippen LogP contribution in [0.1, 0.15) is 30.1 Å². The number of hydrogen-bond acceptors (Lipinski definition) is 4. The van der Waals surface area contributed by atoms with Gasteiger partial charge in [0.1, 0.15) is 0 Å². The lowest BCUT2D eigenvalue weighted by Gasteiger charge is -2.30. The molecule has 0 spiro atoms. The van der Waals surface area contributed by atoms with E-state index in [1.807, 2.05) is 29.2 Å². The van der Waals surface area contributed by atoms with E-state index in [-0.39, 0.29) is 5.91 Å². The van der Waals surface area contributed by atoms with Crippen molar-refractivity contribution in [2.75, 3.05) is 32.1 Å². The zero-order valence-electron chi connectivity index (χ0n) is 12.3. The lowest BCUT2D eigenvalue weighted by molar-refractivity contribution is 0.0676. The van der Waals surface area contributed by atoms with E-state index in [2.05, 4.69) is 24.3 Å². The Morgan fingerprint density at radius 1 is 1.35 bits per heavy atom. The molecule has 1 aliphatic heterocycles. The molecule has 3 N–H and O–H groups in total. The standard InChI is InChI=1S/C15H24N4O/c1-3-14-11-18(2)9-4-10-19(14)15(20)12-5-7-13(17-16)8-6-12/h5-8,14,17H,3-4,9-11,16H2,1-2H3. The van der Waals surface area contributed by atoms with Crippen LogP contribution in [0.4, 0.5) is 5.69 Å². The van der Waals surface area contributed by atoms with Gasteiger partial charge in [0.15, 0.2) is 0 Å². The number of carbonyl (C=O) groups is 1. The largest absolute Gasteiger partial charge is 0.334 e. The molecule has 1 atom stereocenters. The Kier molecular flexibility index (Phi) is 4.98. The van der Waals surface area contributed by atoms with Crippen molar-refractivity contribution in [1.82, 2.24) is 9.80 Å². The zero-order valence-corrected chi connectivity index (χ0v) is 12.3. The normalized spacial score (nSPS) is 20.6. The van der Waals surface area contributed by atoms with Crippen molar-refractivity contribution >= 4 is 11.6 Å². The van der Waals surface area contributed by atoms with E-state index < -0.39 is 0 Å². The Morgan fingerprint density at radius 2 is 2.05 bits per heavy atom. The van der Waals surface area contributed by atoms with E-state index in [0.29, 0.717) is 6.04 Å². The Labute approximate surface area is 120 Å².